The quantitative estimate of drug-likeness (QED) is 0.760. The fourth-order valence-electron chi connectivity index (χ4n) is 1.99. The van der Waals surface area contributed by atoms with Crippen molar-refractivity contribution in [3.63, 3.8) is 0 Å². The van der Waals surface area contributed by atoms with Crippen LogP contribution < -0.4 is 5.32 Å². The zero-order valence-electron chi connectivity index (χ0n) is 10.4. The van der Waals surface area contributed by atoms with E-state index in [0.717, 1.165) is 16.6 Å². The second-order valence-electron chi connectivity index (χ2n) is 4.26. The van der Waals surface area contributed by atoms with Crippen LogP contribution in [-0.4, -0.2) is 27.4 Å². The molecule has 0 radical (unpaired) electrons. The summed E-state index contributed by atoms with van der Waals surface area (Å²) in [5.74, 6) is -0.750. The van der Waals surface area contributed by atoms with E-state index in [2.05, 4.69) is 16.5 Å². The van der Waals surface area contributed by atoms with Gasteiger partial charge in [-0.3, -0.25) is 9.48 Å². The molecule has 0 aliphatic heterocycles. The molecule has 0 bridgehead atoms. The molecule has 5 nitrogen and oxygen atoms in total. The summed E-state index contributed by atoms with van der Waals surface area (Å²) in [5.41, 5.74) is 2.11. The van der Waals surface area contributed by atoms with Gasteiger partial charge in [-0.05, 0) is 19.0 Å². The lowest BCUT2D eigenvalue weighted by atomic mass is 10.2. The van der Waals surface area contributed by atoms with Crippen molar-refractivity contribution in [1.82, 2.24) is 15.1 Å². The van der Waals surface area contributed by atoms with E-state index in [1.165, 1.54) is 0 Å². The number of hydrogen-bond donors (Lipinski definition) is 2. The Morgan fingerprint density at radius 2 is 2.22 bits per heavy atom. The van der Waals surface area contributed by atoms with E-state index in [-0.39, 0.29) is 6.42 Å². The van der Waals surface area contributed by atoms with Crippen molar-refractivity contribution in [2.45, 2.75) is 19.4 Å². The Balaban J connectivity index is 1.94. The minimum atomic E-state index is -0.750. The third-order valence-corrected chi connectivity index (χ3v) is 2.87. The van der Waals surface area contributed by atoms with Crippen LogP contribution in [0.4, 0.5) is 0 Å². The standard InChI is InChI=1S/C13H17N3O2/c1-16-12-6-3-2-5-10(12)11(15-16)9-14-8-4-7-13(17)18/h2-3,5-6,14H,4,7-9H2,1H3,(H,17,18). The number of aliphatic carboxylic acids is 1. The summed E-state index contributed by atoms with van der Waals surface area (Å²) in [5, 5.41) is 17.4. The summed E-state index contributed by atoms with van der Waals surface area (Å²) in [6.07, 6.45) is 0.843. The summed E-state index contributed by atoms with van der Waals surface area (Å²) >= 11 is 0. The van der Waals surface area contributed by atoms with E-state index in [0.29, 0.717) is 19.5 Å². The van der Waals surface area contributed by atoms with Crippen LogP contribution in [0.15, 0.2) is 24.3 Å². The first kappa shape index (κ1) is 12.6. The number of carbonyl (C=O) groups is 1. The second kappa shape index (κ2) is 5.64. The molecular formula is C13H17N3O2. The first-order valence-electron chi connectivity index (χ1n) is 6.01. The average molecular weight is 247 g/mol. The highest BCUT2D eigenvalue weighted by molar-refractivity contribution is 5.81. The number of aryl methyl sites for hydroxylation is 1. The van der Waals surface area contributed by atoms with Crippen LogP contribution in [0, 0.1) is 0 Å². The molecule has 1 aromatic heterocycles. The van der Waals surface area contributed by atoms with Gasteiger partial charge in [0.05, 0.1) is 11.2 Å². The van der Waals surface area contributed by atoms with Crippen LogP contribution in [0.5, 0.6) is 0 Å². The zero-order valence-corrected chi connectivity index (χ0v) is 10.4. The number of rotatable bonds is 6. The maximum atomic E-state index is 10.4. The highest BCUT2D eigenvalue weighted by Crippen LogP contribution is 2.16. The van der Waals surface area contributed by atoms with E-state index in [4.69, 9.17) is 5.11 Å². The van der Waals surface area contributed by atoms with E-state index in [9.17, 15) is 4.79 Å². The van der Waals surface area contributed by atoms with Crippen LogP contribution in [-0.2, 0) is 18.4 Å². The minimum Gasteiger partial charge on any atom is -0.481 e. The molecule has 0 amide bonds. The van der Waals surface area contributed by atoms with Gasteiger partial charge in [0.1, 0.15) is 0 Å². The molecule has 0 atom stereocenters. The van der Waals surface area contributed by atoms with Crippen molar-refractivity contribution in [2.24, 2.45) is 7.05 Å². The van der Waals surface area contributed by atoms with Crippen molar-refractivity contribution < 1.29 is 9.90 Å². The van der Waals surface area contributed by atoms with Gasteiger partial charge in [0, 0.05) is 25.4 Å². The Hall–Kier alpha value is -1.88. The molecule has 2 rings (SSSR count). The molecule has 96 valence electrons. The van der Waals surface area contributed by atoms with Crippen LogP contribution in [0.25, 0.3) is 10.9 Å². The number of fused-ring (bicyclic) bond motifs is 1. The number of carboxylic acid groups (broad SMARTS) is 1. The molecular weight excluding hydrogens is 230 g/mol. The number of para-hydroxylation sites is 1. The molecule has 18 heavy (non-hydrogen) atoms. The van der Waals surface area contributed by atoms with Crippen molar-refractivity contribution in [2.75, 3.05) is 6.54 Å². The van der Waals surface area contributed by atoms with Gasteiger partial charge in [0.15, 0.2) is 0 Å². The lowest BCUT2D eigenvalue weighted by Gasteiger charge is -2.01. The minimum absolute atomic E-state index is 0.204. The Morgan fingerprint density at radius 1 is 1.44 bits per heavy atom. The molecule has 5 heteroatoms. The van der Waals surface area contributed by atoms with Crippen molar-refractivity contribution in [3.8, 4) is 0 Å². The predicted molar refractivity (Wildman–Crippen MR) is 69.3 cm³/mol. The van der Waals surface area contributed by atoms with Gasteiger partial charge in [0.25, 0.3) is 0 Å². The van der Waals surface area contributed by atoms with Gasteiger partial charge < -0.3 is 10.4 Å². The van der Waals surface area contributed by atoms with Crippen LogP contribution in [0.1, 0.15) is 18.5 Å². The maximum absolute atomic E-state index is 10.4. The number of carboxylic acids is 1. The first-order chi connectivity index (χ1) is 8.68. The van der Waals surface area contributed by atoms with Crippen molar-refractivity contribution >= 4 is 16.9 Å². The average Bonchev–Trinajstić information content (AvgIpc) is 2.66. The summed E-state index contributed by atoms with van der Waals surface area (Å²) in [7, 11) is 1.93. The second-order valence-corrected chi connectivity index (χ2v) is 4.26. The molecule has 0 aliphatic carbocycles. The molecule has 0 fully saturated rings. The number of nitrogens with one attached hydrogen (secondary N) is 1. The highest BCUT2D eigenvalue weighted by atomic mass is 16.4. The Bertz CT molecular complexity index is 548. The van der Waals surface area contributed by atoms with Gasteiger partial charge in [-0.25, -0.2) is 0 Å². The molecule has 0 saturated carbocycles. The van der Waals surface area contributed by atoms with Gasteiger partial charge in [0.2, 0.25) is 0 Å². The molecule has 1 aromatic carbocycles. The Labute approximate surface area is 105 Å². The van der Waals surface area contributed by atoms with Gasteiger partial charge in [-0.15, -0.1) is 0 Å². The van der Waals surface area contributed by atoms with Crippen LogP contribution in [0.3, 0.4) is 0 Å². The zero-order chi connectivity index (χ0) is 13.0. The largest absolute Gasteiger partial charge is 0.481 e. The summed E-state index contributed by atoms with van der Waals surface area (Å²) in [6, 6.07) is 8.08. The lowest BCUT2D eigenvalue weighted by molar-refractivity contribution is -0.137. The van der Waals surface area contributed by atoms with E-state index in [1.54, 1.807) is 0 Å². The van der Waals surface area contributed by atoms with Gasteiger partial charge >= 0.3 is 5.97 Å². The van der Waals surface area contributed by atoms with Crippen LogP contribution >= 0.6 is 0 Å². The number of hydrogen-bond acceptors (Lipinski definition) is 3. The maximum Gasteiger partial charge on any atom is 0.303 e. The fourth-order valence-corrected chi connectivity index (χ4v) is 1.99. The normalized spacial score (nSPS) is 10.9. The molecule has 0 aliphatic rings. The molecule has 2 aromatic rings. The predicted octanol–water partition coefficient (Wildman–Crippen LogP) is 1.53. The Kier molecular flexibility index (Phi) is 3.94. The van der Waals surface area contributed by atoms with Gasteiger partial charge in [-0.1, -0.05) is 18.2 Å². The number of benzene rings is 1. The summed E-state index contributed by atoms with van der Waals surface area (Å²) < 4.78 is 1.86. The van der Waals surface area contributed by atoms with E-state index in [1.807, 2.05) is 29.9 Å². The first-order valence-corrected chi connectivity index (χ1v) is 6.01. The van der Waals surface area contributed by atoms with E-state index >= 15 is 0 Å². The Morgan fingerprint density at radius 3 is 3.00 bits per heavy atom. The third kappa shape index (κ3) is 2.87. The van der Waals surface area contributed by atoms with Crippen molar-refractivity contribution in [1.29, 1.82) is 0 Å². The van der Waals surface area contributed by atoms with Crippen LogP contribution in [0.2, 0.25) is 0 Å². The molecule has 0 saturated heterocycles. The van der Waals surface area contributed by atoms with Gasteiger partial charge in [-0.2, -0.15) is 5.10 Å². The third-order valence-electron chi connectivity index (χ3n) is 2.87. The van der Waals surface area contributed by atoms with E-state index < -0.39 is 5.97 Å². The summed E-state index contributed by atoms with van der Waals surface area (Å²) in [4.78, 5) is 10.4. The fraction of sp³-hybridized carbons (Fsp3) is 0.385. The highest BCUT2D eigenvalue weighted by Gasteiger charge is 2.06. The molecule has 0 unspecified atom stereocenters. The summed E-state index contributed by atoms with van der Waals surface area (Å²) in [6.45, 7) is 1.36. The topological polar surface area (TPSA) is 67.2 Å². The lowest BCUT2D eigenvalue weighted by Crippen LogP contribution is -2.16. The number of aromatic nitrogens is 2. The van der Waals surface area contributed by atoms with Crippen molar-refractivity contribution in [3.05, 3.63) is 30.0 Å². The monoisotopic (exact) mass is 247 g/mol. The number of nitrogens with zero attached hydrogens (tertiary/aromatic N) is 2. The smallest absolute Gasteiger partial charge is 0.303 e. The SMILES string of the molecule is Cn1nc(CNCCCC(=O)O)c2ccccc21. The molecule has 0 spiro atoms. The molecule has 1 heterocycles. The molecule has 2 N–H and O–H groups in total.